The fraction of sp³-hybridized carbons (Fsp3) is 0.515. The van der Waals surface area contributed by atoms with Gasteiger partial charge in [-0.25, -0.2) is 0 Å². The lowest BCUT2D eigenvalue weighted by Crippen LogP contribution is -2.26. The molecule has 1 amide bonds. The van der Waals surface area contributed by atoms with Crippen molar-refractivity contribution in [2.24, 2.45) is 5.92 Å². The first-order valence-electron chi connectivity index (χ1n) is 14.6. The van der Waals surface area contributed by atoms with Crippen molar-refractivity contribution in [1.82, 2.24) is 5.32 Å². The third kappa shape index (κ3) is 11.2. The predicted molar refractivity (Wildman–Crippen MR) is 155 cm³/mol. The third-order valence-electron chi connectivity index (χ3n) is 7.36. The number of aryl methyl sites for hydroxylation is 2. The smallest absolute Gasteiger partial charge is 0.306 e. The molecule has 2 aromatic rings. The van der Waals surface area contributed by atoms with Crippen molar-refractivity contribution in [3.8, 4) is 11.5 Å². The molecule has 1 aliphatic carbocycles. The molecule has 2 N–H and O–H groups in total. The highest BCUT2D eigenvalue weighted by molar-refractivity contribution is 5.75. The number of unbranched alkanes of at least 4 members (excludes halogenated alkanes) is 1. The highest BCUT2D eigenvalue weighted by Crippen LogP contribution is 2.27. The summed E-state index contributed by atoms with van der Waals surface area (Å²) in [6, 6.07) is 13.9. The number of carboxylic acids is 1. The highest BCUT2D eigenvalue weighted by Gasteiger charge is 2.30. The molecular formula is C33H45NO5. The van der Waals surface area contributed by atoms with Gasteiger partial charge in [-0.3, -0.25) is 9.59 Å². The fourth-order valence-corrected chi connectivity index (χ4v) is 4.75. The van der Waals surface area contributed by atoms with Gasteiger partial charge in [-0.1, -0.05) is 77.2 Å². The number of ether oxygens (including phenoxy) is 2. The summed E-state index contributed by atoms with van der Waals surface area (Å²) in [5, 5.41) is 12.0. The maximum absolute atomic E-state index is 11.8. The lowest BCUT2D eigenvalue weighted by molar-refractivity contribution is -0.141. The molecule has 6 nitrogen and oxygen atoms in total. The summed E-state index contributed by atoms with van der Waals surface area (Å²) in [6.45, 7) is 7.99. The van der Waals surface area contributed by atoms with E-state index in [0.29, 0.717) is 19.4 Å². The van der Waals surface area contributed by atoms with Crippen LogP contribution >= 0.6 is 0 Å². The zero-order chi connectivity index (χ0) is 28.0. The number of nitrogens with one attached hydrogen (secondary N) is 1. The molecule has 2 fully saturated rings. The summed E-state index contributed by atoms with van der Waals surface area (Å²) < 4.78 is 11.1. The Bertz CT molecular complexity index is 1060. The van der Waals surface area contributed by atoms with Gasteiger partial charge in [0.15, 0.2) is 6.10 Å². The molecule has 39 heavy (non-hydrogen) atoms. The monoisotopic (exact) mass is 535 g/mol. The molecule has 6 heteroatoms. The Morgan fingerprint density at radius 3 is 2.18 bits per heavy atom. The van der Waals surface area contributed by atoms with E-state index in [4.69, 9.17) is 9.47 Å². The number of hydrogen-bond acceptors (Lipinski definition) is 4. The largest absolute Gasteiger partial charge is 0.482 e. The minimum atomic E-state index is -0.781. The summed E-state index contributed by atoms with van der Waals surface area (Å²) >= 11 is 0. The van der Waals surface area contributed by atoms with Crippen LogP contribution in [0.15, 0.2) is 54.8 Å². The van der Waals surface area contributed by atoms with E-state index in [1.165, 1.54) is 44.1 Å². The Morgan fingerprint density at radius 1 is 1.00 bits per heavy atom. The van der Waals surface area contributed by atoms with E-state index in [1.807, 2.05) is 30.3 Å². The molecule has 2 aliphatic rings. The Balaban J connectivity index is 0.000000617. The summed E-state index contributed by atoms with van der Waals surface area (Å²) in [5.74, 6) is 1.11. The average molecular weight is 536 g/mol. The van der Waals surface area contributed by atoms with Crippen LogP contribution in [0.25, 0.3) is 0 Å². The number of epoxide rings is 1. The molecular weight excluding hydrogens is 490 g/mol. The number of benzene rings is 2. The van der Waals surface area contributed by atoms with Crippen LogP contribution in [-0.4, -0.2) is 29.6 Å². The van der Waals surface area contributed by atoms with Gasteiger partial charge in [-0.2, -0.15) is 0 Å². The van der Waals surface area contributed by atoms with Crippen molar-refractivity contribution < 1.29 is 24.2 Å². The van der Waals surface area contributed by atoms with Crippen LogP contribution < -0.4 is 10.1 Å². The second-order valence-corrected chi connectivity index (χ2v) is 10.7. The number of rotatable bonds is 13. The minimum Gasteiger partial charge on any atom is -0.482 e. The fourth-order valence-electron chi connectivity index (χ4n) is 4.75. The maximum atomic E-state index is 11.8. The highest BCUT2D eigenvalue weighted by atomic mass is 16.6. The third-order valence-corrected chi connectivity index (χ3v) is 7.36. The van der Waals surface area contributed by atoms with Gasteiger partial charge in [0.25, 0.3) is 0 Å². The molecule has 2 unspecified atom stereocenters. The Kier molecular flexibility index (Phi) is 12.4. The Labute approximate surface area is 233 Å². The van der Waals surface area contributed by atoms with Crippen LogP contribution in [0.5, 0.6) is 11.5 Å². The number of hydrogen-bond donors (Lipinski definition) is 2. The number of aliphatic carboxylic acids is 1. The normalized spacial score (nSPS) is 16.8. The molecule has 4 rings (SSSR count). The van der Waals surface area contributed by atoms with Gasteiger partial charge in [0.2, 0.25) is 5.91 Å². The molecule has 0 bridgehead atoms. The summed E-state index contributed by atoms with van der Waals surface area (Å²) in [5.41, 5.74) is 3.36. The SMILES string of the molecule is C1CCCCC1.C=C1OC1CNC(=O)CCCCc1ccc(Oc2ccc(CC(C)C(=O)O)c(CC)c2)cc1. The first-order valence-corrected chi connectivity index (χ1v) is 14.6. The minimum absolute atomic E-state index is 0.00168. The van der Waals surface area contributed by atoms with Crippen molar-refractivity contribution in [2.45, 2.75) is 97.0 Å². The van der Waals surface area contributed by atoms with Gasteiger partial charge in [0.1, 0.15) is 17.3 Å². The van der Waals surface area contributed by atoms with Crippen LogP contribution in [0.4, 0.5) is 0 Å². The molecule has 2 aromatic carbocycles. The molecule has 2 atom stereocenters. The van der Waals surface area contributed by atoms with Crippen molar-refractivity contribution >= 4 is 11.9 Å². The molecule has 0 aromatic heterocycles. The van der Waals surface area contributed by atoms with Crippen LogP contribution in [0, 0.1) is 5.92 Å². The quantitative estimate of drug-likeness (QED) is 0.206. The lowest BCUT2D eigenvalue weighted by atomic mass is 9.95. The summed E-state index contributed by atoms with van der Waals surface area (Å²) in [4.78, 5) is 23.0. The van der Waals surface area contributed by atoms with Crippen LogP contribution in [0.1, 0.15) is 88.3 Å². The van der Waals surface area contributed by atoms with Crippen molar-refractivity contribution in [2.75, 3.05) is 6.54 Å². The second-order valence-electron chi connectivity index (χ2n) is 10.7. The van der Waals surface area contributed by atoms with Crippen molar-refractivity contribution in [1.29, 1.82) is 0 Å². The number of carboxylic acid groups (broad SMARTS) is 1. The Morgan fingerprint density at radius 2 is 1.62 bits per heavy atom. The molecule has 212 valence electrons. The summed E-state index contributed by atoms with van der Waals surface area (Å²) in [7, 11) is 0. The van der Waals surface area contributed by atoms with Crippen LogP contribution in [-0.2, 0) is 33.6 Å². The van der Waals surface area contributed by atoms with Gasteiger partial charge >= 0.3 is 5.97 Å². The van der Waals surface area contributed by atoms with E-state index in [9.17, 15) is 14.7 Å². The molecule has 0 spiro atoms. The topological polar surface area (TPSA) is 88.2 Å². The van der Waals surface area contributed by atoms with E-state index in [0.717, 1.165) is 54.1 Å². The van der Waals surface area contributed by atoms with Gasteiger partial charge < -0.3 is 19.9 Å². The average Bonchev–Trinajstić information content (AvgIpc) is 3.67. The zero-order valence-corrected chi connectivity index (χ0v) is 23.7. The maximum Gasteiger partial charge on any atom is 0.306 e. The van der Waals surface area contributed by atoms with E-state index in [2.05, 4.69) is 31.0 Å². The molecule has 1 aliphatic heterocycles. The van der Waals surface area contributed by atoms with E-state index in [1.54, 1.807) is 6.92 Å². The second kappa shape index (κ2) is 16.0. The number of carbonyl (C=O) groups excluding carboxylic acids is 1. The predicted octanol–water partition coefficient (Wildman–Crippen LogP) is 7.39. The number of carbonyl (C=O) groups is 2. The molecule has 1 saturated carbocycles. The van der Waals surface area contributed by atoms with Crippen molar-refractivity contribution in [3.05, 3.63) is 71.5 Å². The van der Waals surface area contributed by atoms with E-state index in [-0.39, 0.29) is 12.0 Å². The lowest BCUT2D eigenvalue weighted by Gasteiger charge is -2.13. The number of amides is 1. The van der Waals surface area contributed by atoms with Gasteiger partial charge in [-0.15, -0.1) is 0 Å². The first-order chi connectivity index (χ1) is 18.9. The molecule has 0 radical (unpaired) electrons. The Hall–Kier alpha value is -3.28. The molecule has 1 heterocycles. The first kappa shape index (κ1) is 30.3. The standard InChI is InChI=1S/C27H33NO5.C6H12/c1-4-21-16-24(14-11-22(21)15-18(2)27(30)31)33-23-12-9-20(10-13-23)7-5-6-8-26(29)28-17-25-19(3)32-25;1-2-4-6-5-3-1/h9-14,16,18,25H,3-8,15,17H2,1-2H3,(H,28,29)(H,30,31);1-6H2. The van der Waals surface area contributed by atoms with Crippen molar-refractivity contribution in [3.63, 3.8) is 0 Å². The van der Waals surface area contributed by atoms with Gasteiger partial charge in [-0.05, 0) is 73.1 Å². The summed E-state index contributed by atoms with van der Waals surface area (Å²) in [6.07, 6.45) is 13.5. The zero-order valence-electron chi connectivity index (χ0n) is 23.7. The van der Waals surface area contributed by atoms with Gasteiger partial charge in [0.05, 0.1) is 12.5 Å². The molecule has 1 saturated heterocycles. The van der Waals surface area contributed by atoms with E-state index >= 15 is 0 Å². The van der Waals surface area contributed by atoms with E-state index < -0.39 is 11.9 Å². The van der Waals surface area contributed by atoms with Crippen LogP contribution in [0.2, 0.25) is 0 Å². The van der Waals surface area contributed by atoms with Crippen LogP contribution in [0.3, 0.4) is 0 Å². The van der Waals surface area contributed by atoms with Gasteiger partial charge in [0, 0.05) is 6.42 Å².